The molecule has 2 N–H and O–H groups in total. The third-order valence-electron chi connectivity index (χ3n) is 3.32. The summed E-state index contributed by atoms with van der Waals surface area (Å²) in [4.78, 5) is 11.7. The van der Waals surface area contributed by atoms with E-state index in [1.54, 1.807) is 12.1 Å². The van der Waals surface area contributed by atoms with Crippen molar-refractivity contribution in [2.45, 2.75) is 32.9 Å². The number of carbonyl (C=O) groups is 1. The fourth-order valence-corrected chi connectivity index (χ4v) is 2.03. The maximum atomic E-state index is 12.3. The maximum absolute atomic E-state index is 12.3. The second-order valence-electron chi connectivity index (χ2n) is 5.34. The Morgan fingerprint density at radius 2 is 2.19 bits per heavy atom. The molecule has 0 bridgehead atoms. The Labute approximate surface area is 122 Å². The van der Waals surface area contributed by atoms with Gasteiger partial charge in [-0.05, 0) is 38.3 Å². The Bertz CT molecular complexity index is 491. The van der Waals surface area contributed by atoms with Crippen LogP contribution in [0.15, 0.2) is 18.2 Å². The Kier molecular flexibility index (Phi) is 5.50. The monoisotopic (exact) mass is 298 g/mol. The van der Waals surface area contributed by atoms with Crippen LogP contribution >= 0.6 is 0 Å². The molecule has 0 heterocycles. The first-order valence-corrected chi connectivity index (χ1v) is 7.06. The van der Waals surface area contributed by atoms with Gasteiger partial charge in [-0.25, -0.2) is 0 Å². The van der Waals surface area contributed by atoms with Crippen molar-refractivity contribution in [3.8, 4) is 5.75 Å². The summed E-state index contributed by atoms with van der Waals surface area (Å²) in [5.41, 5.74) is 1.47. The van der Waals surface area contributed by atoms with Crippen LogP contribution in [0.4, 0.5) is 8.78 Å². The summed E-state index contributed by atoms with van der Waals surface area (Å²) in [6.07, 6.45) is 2.46. The second-order valence-corrected chi connectivity index (χ2v) is 5.34. The Morgan fingerprint density at radius 3 is 2.86 bits per heavy atom. The normalized spacial score (nSPS) is 14.3. The summed E-state index contributed by atoms with van der Waals surface area (Å²) in [6, 6.07) is 4.92. The molecule has 0 aromatic heterocycles. The van der Waals surface area contributed by atoms with Crippen LogP contribution in [0.2, 0.25) is 0 Å². The molecule has 6 heteroatoms. The van der Waals surface area contributed by atoms with E-state index in [1.807, 2.05) is 6.92 Å². The van der Waals surface area contributed by atoms with Gasteiger partial charge in [0.2, 0.25) is 5.91 Å². The summed E-state index contributed by atoms with van der Waals surface area (Å²) < 4.78 is 29.1. The van der Waals surface area contributed by atoms with Crippen LogP contribution in [0.3, 0.4) is 0 Å². The Balaban J connectivity index is 1.82. The van der Waals surface area contributed by atoms with Crippen LogP contribution in [-0.4, -0.2) is 25.6 Å². The lowest BCUT2D eigenvalue weighted by molar-refractivity contribution is -0.120. The fraction of sp³-hybridized carbons (Fsp3) is 0.533. The molecule has 1 aromatic rings. The first kappa shape index (κ1) is 15.7. The number of nitrogens with one attached hydrogen (secondary N) is 2. The van der Waals surface area contributed by atoms with E-state index >= 15 is 0 Å². The predicted octanol–water partition coefficient (Wildman–Crippen LogP) is 2.21. The molecule has 0 spiro atoms. The smallest absolute Gasteiger partial charge is 0.387 e. The molecule has 4 nitrogen and oxygen atoms in total. The minimum Gasteiger partial charge on any atom is -0.434 e. The number of rotatable bonds is 8. The van der Waals surface area contributed by atoms with Crippen molar-refractivity contribution in [2.24, 2.45) is 5.92 Å². The second kappa shape index (κ2) is 7.36. The minimum atomic E-state index is -2.87. The number of halogens is 2. The Morgan fingerprint density at radius 1 is 1.43 bits per heavy atom. The molecule has 21 heavy (non-hydrogen) atoms. The van der Waals surface area contributed by atoms with Crippen LogP contribution in [-0.2, 0) is 11.3 Å². The molecule has 1 amide bonds. The van der Waals surface area contributed by atoms with Gasteiger partial charge in [0.1, 0.15) is 5.75 Å². The highest BCUT2D eigenvalue weighted by atomic mass is 19.3. The third-order valence-corrected chi connectivity index (χ3v) is 3.32. The molecule has 0 radical (unpaired) electrons. The first-order chi connectivity index (χ1) is 10.0. The lowest BCUT2D eigenvalue weighted by atomic mass is 10.1. The number of alkyl halides is 2. The number of aryl methyl sites for hydroxylation is 1. The summed E-state index contributed by atoms with van der Waals surface area (Å²) >= 11 is 0. The molecule has 2 rings (SSSR count). The van der Waals surface area contributed by atoms with Crippen LogP contribution in [0.5, 0.6) is 5.75 Å². The number of amides is 1. The van der Waals surface area contributed by atoms with Gasteiger partial charge in [0.25, 0.3) is 0 Å². The van der Waals surface area contributed by atoms with Gasteiger partial charge in [0, 0.05) is 12.1 Å². The van der Waals surface area contributed by atoms with E-state index in [9.17, 15) is 13.6 Å². The van der Waals surface area contributed by atoms with Crippen LogP contribution in [0.25, 0.3) is 0 Å². The van der Waals surface area contributed by atoms with E-state index in [2.05, 4.69) is 15.4 Å². The SMILES string of the molecule is Cc1ccc(OC(F)F)c(CNC(=O)CNCC2CC2)c1. The molecule has 116 valence electrons. The van der Waals surface area contributed by atoms with Crippen molar-refractivity contribution in [1.29, 1.82) is 0 Å². The zero-order chi connectivity index (χ0) is 15.2. The summed E-state index contributed by atoms with van der Waals surface area (Å²) in [5.74, 6) is 0.655. The van der Waals surface area contributed by atoms with E-state index in [-0.39, 0.29) is 24.7 Å². The van der Waals surface area contributed by atoms with Crippen molar-refractivity contribution in [3.05, 3.63) is 29.3 Å². The number of benzene rings is 1. The number of hydrogen-bond donors (Lipinski definition) is 2. The largest absolute Gasteiger partial charge is 0.434 e. The standard InChI is InChI=1S/C15H20F2N2O2/c1-10-2-5-13(21-15(16)17)12(6-10)8-19-14(20)9-18-7-11-3-4-11/h2,5-6,11,15,18H,3-4,7-9H2,1H3,(H,19,20). The minimum absolute atomic E-state index is 0.0989. The average molecular weight is 298 g/mol. The van der Waals surface area contributed by atoms with Crippen molar-refractivity contribution in [3.63, 3.8) is 0 Å². The lowest BCUT2D eigenvalue weighted by Gasteiger charge is -2.12. The molecule has 1 aromatic carbocycles. The van der Waals surface area contributed by atoms with Crippen molar-refractivity contribution in [1.82, 2.24) is 10.6 Å². The van der Waals surface area contributed by atoms with Gasteiger partial charge in [-0.2, -0.15) is 8.78 Å². The van der Waals surface area contributed by atoms with Gasteiger partial charge in [0.15, 0.2) is 0 Å². The van der Waals surface area contributed by atoms with Crippen molar-refractivity contribution >= 4 is 5.91 Å². The van der Waals surface area contributed by atoms with Crippen LogP contribution < -0.4 is 15.4 Å². The van der Waals surface area contributed by atoms with Gasteiger partial charge in [-0.15, -0.1) is 0 Å². The molecule has 0 aliphatic heterocycles. The Hall–Kier alpha value is -1.69. The van der Waals surface area contributed by atoms with Gasteiger partial charge in [-0.1, -0.05) is 17.7 Å². The molecular formula is C15H20F2N2O2. The van der Waals surface area contributed by atoms with Crippen LogP contribution in [0.1, 0.15) is 24.0 Å². The van der Waals surface area contributed by atoms with Gasteiger partial charge in [0.05, 0.1) is 6.54 Å². The molecule has 1 fully saturated rings. The highest BCUT2D eigenvalue weighted by Gasteiger charge is 2.20. The lowest BCUT2D eigenvalue weighted by Crippen LogP contribution is -2.34. The van der Waals surface area contributed by atoms with E-state index in [0.29, 0.717) is 11.5 Å². The molecule has 1 saturated carbocycles. The highest BCUT2D eigenvalue weighted by Crippen LogP contribution is 2.27. The fourth-order valence-electron chi connectivity index (χ4n) is 2.03. The summed E-state index contributed by atoms with van der Waals surface area (Å²) in [7, 11) is 0. The molecule has 0 unspecified atom stereocenters. The van der Waals surface area contributed by atoms with E-state index < -0.39 is 6.61 Å². The predicted molar refractivity (Wildman–Crippen MR) is 75.3 cm³/mol. The summed E-state index contributed by atoms with van der Waals surface area (Å²) in [6.45, 7) is 0.259. The number of ether oxygens (including phenoxy) is 1. The third kappa shape index (κ3) is 5.67. The van der Waals surface area contributed by atoms with E-state index in [0.717, 1.165) is 12.1 Å². The van der Waals surface area contributed by atoms with Crippen molar-refractivity contribution < 1.29 is 18.3 Å². The van der Waals surface area contributed by atoms with E-state index in [1.165, 1.54) is 18.9 Å². The number of hydrogen-bond acceptors (Lipinski definition) is 3. The molecule has 0 atom stereocenters. The zero-order valence-corrected chi connectivity index (χ0v) is 12.0. The molecular weight excluding hydrogens is 278 g/mol. The highest BCUT2D eigenvalue weighted by molar-refractivity contribution is 5.78. The zero-order valence-electron chi connectivity index (χ0n) is 12.0. The first-order valence-electron chi connectivity index (χ1n) is 7.06. The molecule has 1 aliphatic carbocycles. The van der Waals surface area contributed by atoms with Gasteiger partial charge < -0.3 is 15.4 Å². The average Bonchev–Trinajstić information content (AvgIpc) is 3.22. The molecule has 0 saturated heterocycles. The topological polar surface area (TPSA) is 50.4 Å². The molecule has 1 aliphatic rings. The number of carbonyl (C=O) groups excluding carboxylic acids is 1. The van der Waals surface area contributed by atoms with Crippen molar-refractivity contribution in [2.75, 3.05) is 13.1 Å². The van der Waals surface area contributed by atoms with Crippen LogP contribution in [0, 0.1) is 12.8 Å². The van der Waals surface area contributed by atoms with E-state index in [4.69, 9.17) is 0 Å². The van der Waals surface area contributed by atoms with Gasteiger partial charge in [-0.3, -0.25) is 4.79 Å². The van der Waals surface area contributed by atoms with Gasteiger partial charge >= 0.3 is 6.61 Å². The quantitative estimate of drug-likeness (QED) is 0.773. The maximum Gasteiger partial charge on any atom is 0.387 e. The summed E-state index contributed by atoms with van der Waals surface area (Å²) in [5, 5.41) is 5.79.